The maximum absolute atomic E-state index is 12.5. The minimum atomic E-state index is -0.755. The second kappa shape index (κ2) is 10.0. The molecule has 3 aromatic rings. The molecular weight excluding hydrogens is 446 g/mol. The van der Waals surface area contributed by atoms with Crippen LogP contribution >= 0.6 is 15.9 Å². The summed E-state index contributed by atoms with van der Waals surface area (Å²) in [6, 6.07) is 5.27. The third kappa shape index (κ3) is 4.93. The van der Waals surface area contributed by atoms with Gasteiger partial charge in [0.25, 0.3) is 5.56 Å². The normalized spacial score (nSPS) is 10.3. The fraction of sp³-hybridized carbons (Fsp3) is 0.333. The Kier molecular flexibility index (Phi) is 7.74. The Labute approximate surface area is 175 Å². The fourth-order valence-corrected chi connectivity index (χ4v) is 3.02. The van der Waals surface area contributed by atoms with Gasteiger partial charge in [0.2, 0.25) is 5.95 Å². The van der Waals surface area contributed by atoms with E-state index in [0.717, 1.165) is 5.56 Å². The lowest BCUT2D eigenvalue weighted by molar-refractivity contribution is 0.186. The summed E-state index contributed by atoms with van der Waals surface area (Å²) in [5.41, 5.74) is 1.51. The number of methoxy groups -OCH3 is 2. The van der Waals surface area contributed by atoms with Crippen molar-refractivity contribution in [3.8, 4) is 5.75 Å². The van der Waals surface area contributed by atoms with Crippen molar-refractivity contribution < 1.29 is 19.4 Å². The zero-order valence-electron chi connectivity index (χ0n) is 16.4. The summed E-state index contributed by atoms with van der Waals surface area (Å²) in [7, 11) is 2.73. The summed E-state index contributed by atoms with van der Waals surface area (Å²) in [4.78, 5) is 30.5. The summed E-state index contributed by atoms with van der Waals surface area (Å²) >= 11 is 3.29. The highest BCUT2D eigenvalue weighted by atomic mass is 79.9. The van der Waals surface area contributed by atoms with E-state index in [1.54, 1.807) is 18.2 Å². The zero-order chi connectivity index (χ0) is 21.6. The maximum atomic E-state index is 12.5. The van der Waals surface area contributed by atoms with Crippen molar-refractivity contribution in [1.82, 2.24) is 19.7 Å². The number of aromatic amines is 1. The molecule has 29 heavy (non-hydrogen) atoms. The average Bonchev–Trinajstić information content (AvgIpc) is 3.05. The molecule has 0 bridgehead atoms. The number of carbonyl (C=O) groups is 1. The number of aliphatic hydroxyl groups is 1. The Bertz CT molecular complexity index is 1060. The smallest absolute Gasteiger partial charge is 0.413 e. The fourth-order valence-electron chi connectivity index (χ4n) is 2.55. The lowest BCUT2D eigenvalue weighted by Crippen LogP contribution is -2.19. The highest BCUT2D eigenvalue weighted by Gasteiger charge is 2.17. The Morgan fingerprint density at radius 1 is 1.34 bits per heavy atom. The van der Waals surface area contributed by atoms with Crippen LogP contribution in [0.25, 0.3) is 11.0 Å². The van der Waals surface area contributed by atoms with Crippen LogP contribution in [-0.4, -0.2) is 45.2 Å². The summed E-state index contributed by atoms with van der Waals surface area (Å²) in [5, 5.41) is 15.9. The number of ether oxygens (including phenoxy) is 2. The van der Waals surface area contributed by atoms with E-state index < -0.39 is 11.7 Å². The summed E-state index contributed by atoms with van der Waals surface area (Å²) in [6.45, 7) is 4.14. The van der Waals surface area contributed by atoms with E-state index in [9.17, 15) is 14.7 Å². The number of benzene rings is 1. The van der Waals surface area contributed by atoms with Gasteiger partial charge in [0, 0.05) is 5.56 Å². The number of carbonyl (C=O) groups excluding carboxylic acids is 1. The Hall–Kier alpha value is -2.92. The topological polar surface area (TPSA) is 131 Å². The van der Waals surface area contributed by atoms with Crippen LogP contribution < -0.4 is 15.6 Å². The number of aromatic nitrogens is 4. The number of anilines is 1. The van der Waals surface area contributed by atoms with Gasteiger partial charge in [0.05, 0.1) is 27.4 Å². The number of halogens is 1. The molecule has 2 aromatic heterocycles. The molecule has 0 radical (unpaired) electrons. The van der Waals surface area contributed by atoms with E-state index in [0.29, 0.717) is 15.9 Å². The van der Waals surface area contributed by atoms with Crippen LogP contribution in [0.1, 0.15) is 25.0 Å². The minimum absolute atomic E-state index is 0.0514. The van der Waals surface area contributed by atoms with Gasteiger partial charge in [-0.15, -0.1) is 0 Å². The first-order valence-corrected chi connectivity index (χ1v) is 9.54. The summed E-state index contributed by atoms with van der Waals surface area (Å²) in [5.74, 6) is 0.513. The number of fused-ring (bicyclic) bond motifs is 1. The van der Waals surface area contributed by atoms with E-state index in [1.165, 1.54) is 18.9 Å². The Morgan fingerprint density at radius 2 is 2.07 bits per heavy atom. The largest absolute Gasteiger partial charge is 0.496 e. The second-order valence-corrected chi connectivity index (χ2v) is 6.23. The minimum Gasteiger partial charge on any atom is -0.496 e. The van der Waals surface area contributed by atoms with Gasteiger partial charge >= 0.3 is 6.09 Å². The van der Waals surface area contributed by atoms with Crippen molar-refractivity contribution in [3.05, 3.63) is 44.3 Å². The molecule has 0 saturated heterocycles. The maximum Gasteiger partial charge on any atom is 0.413 e. The molecular formula is C18H22BrN5O5. The van der Waals surface area contributed by atoms with Gasteiger partial charge in [-0.25, -0.2) is 9.78 Å². The third-order valence-corrected chi connectivity index (χ3v) is 4.35. The molecule has 2 heterocycles. The highest BCUT2D eigenvalue weighted by Crippen LogP contribution is 2.25. The van der Waals surface area contributed by atoms with E-state index >= 15 is 0 Å². The van der Waals surface area contributed by atoms with Crippen LogP contribution in [0.3, 0.4) is 0 Å². The van der Waals surface area contributed by atoms with Crippen LogP contribution in [0.2, 0.25) is 0 Å². The Morgan fingerprint density at radius 3 is 2.69 bits per heavy atom. The van der Waals surface area contributed by atoms with Crippen LogP contribution in [0.5, 0.6) is 5.75 Å². The molecule has 0 spiro atoms. The zero-order valence-corrected chi connectivity index (χ0v) is 18.0. The van der Waals surface area contributed by atoms with Crippen LogP contribution in [0.4, 0.5) is 10.7 Å². The molecule has 3 N–H and O–H groups in total. The molecule has 0 atom stereocenters. The van der Waals surface area contributed by atoms with Gasteiger partial charge < -0.3 is 14.6 Å². The number of rotatable bonds is 5. The molecule has 156 valence electrons. The molecule has 0 unspecified atom stereocenters. The van der Waals surface area contributed by atoms with E-state index in [4.69, 9.17) is 4.74 Å². The van der Waals surface area contributed by atoms with Gasteiger partial charge in [-0.1, -0.05) is 26.0 Å². The lowest BCUT2D eigenvalue weighted by atomic mass is 10.1. The monoisotopic (exact) mass is 467 g/mol. The molecule has 0 saturated carbocycles. The molecule has 10 nitrogen and oxygen atoms in total. The van der Waals surface area contributed by atoms with E-state index in [1.807, 2.05) is 13.8 Å². The number of nitrogens with one attached hydrogen (secondary N) is 2. The van der Waals surface area contributed by atoms with Gasteiger partial charge in [-0.3, -0.25) is 19.8 Å². The number of aliphatic hydroxyl groups excluding tert-OH is 1. The highest BCUT2D eigenvalue weighted by molar-refractivity contribution is 9.10. The molecule has 1 aromatic carbocycles. The molecule has 1 amide bonds. The van der Waals surface area contributed by atoms with Crippen LogP contribution in [0.15, 0.2) is 27.6 Å². The first kappa shape index (κ1) is 22.4. The molecule has 11 heteroatoms. The standard InChI is InChI=1S/C16H16BrN5O5.C2H6/c1-26-10-5-8(7-23)3-4-9(10)6-22-12-11(13(17)21-22)18-15(19-14(12)24)20-16(25)27-2;1-2/h3-5,23H,6-7H2,1-2H3,(H2,18,19,20,24,25);1-2H3. The van der Waals surface area contributed by atoms with E-state index in [-0.39, 0.29) is 30.1 Å². The molecule has 0 fully saturated rings. The third-order valence-electron chi connectivity index (χ3n) is 3.82. The first-order valence-electron chi connectivity index (χ1n) is 8.74. The van der Waals surface area contributed by atoms with Crippen molar-refractivity contribution in [2.45, 2.75) is 27.0 Å². The predicted octanol–water partition coefficient (Wildman–Crippen LogP) is 2.64. The lowest BCUT2D eigenvalue weighted by Gasteiger charge is -2.10. The van der Waals surface area contributed by atoms with Crippen LogP contribution in [0, 0.1) is 0 Å². The van der Waals surface area contributed by atoms with Crippen molar-refractivity contribution in [2.75, 3.05) is 19.5 Å². The van der Waals surface area contributed by atoms with E-state index in [2.05, 4.69) is 41.1 Å². The summed E-state index contributed by atoms with van der Waals surface area (Å²) in [6.07, 6.45) is -0.755. The van der Waals surface area contributed by atoms with Crippen molar-refractivity contribution in [1.29, 1.82) is 0 Å². The van der Waals surface area contributed by atoms with Gasteiger partial charge in [0.1, 0.15) is 11.3 Å². The first-order chi connectivity index (χ1) is 14.0. The van der Waals surface area contributed by atoms with Gasteiger partial charge in [-0.2, -0.15) is 5.10 Å². The number of hydrogen-bond acceptors (Lipinski definition) is 7. The average molecular weight is 468 g/mol. The molecule has 0 aliphatic heterocycles. The van der Waals surface area contributed by atoms with Crippen molar-refractivity contribution in [2.24, 2.45) is 0 Å². The molecule has 0 aliphatic rings. The number of nitrogens with zero attached hydrogens (tertiary/aromatic N) is 3. The van der Waals surface area contributed by atoms with Gasteiger partial charge in [0.15, 0.2) is 10.1 Å². The number of amides is 1. The van der Waals surface area contributed by atoms with Gasteiger partial charge in [-0.05, 0) is 27.6 Å². The Balaban J connectivity index is 0.00000145. The summed E-state index contributed by atoms with van der Waals surface area (Å²) < 4.78 is 11.7. The molecule has 0 aliphatic carbocycles. The quantitative estimate of drug-likeness (QED) is 0.525. The number of H-pyrrole nitrogens is 1. The van der Waals surface area contributed by atoms with Crippen molar-refractivity contribution >= 4 is 39.0 Å². The SMILES string of the molecule is CC.COC(=O)Nc1nc2c(Br)nn(Cc3ccc(CO)cc3OC)c2c(=O)[nH]1. The molecule has 3 rings (SSSR count). The van der Waals surface area contributed by atoms with Crippen LogP contribution in [-0.2, 0) is 17.9 Å². The second-order valence-electron chi connectivity index (χ2n) is 5.48. The van der Waals surface area contributed by atoms with Crippen molar-refractivity contribution in [3.63, 3.8) is 0 Å². The predicted molar refractivity (Wildman–Crippen MR) is 111 cm³/mol. The number of hydrogen-bond donors (Lipinski definition) is 3.